The van der Waals surface area contributed by atoms with E-state index in [2.05, 4.69) is 0 Å². The molecule has 0 radical (unpaired) electrons. The Hall–Kier alpha value is -4.97. The Labute approximate surface area is 204 Å². The van der Waals surface area contributed by atoms with Gasteiger partial charge in [0.2, 0.25) is 5.76 Å². The van der Waals surface area contributed by atoms with Crippen LogP contribution in [0.25, 0.3) is 11.1 Å². The fourth-order valence-electron chi connectivity index (χ4n) is 3.33. The summed E-state index contributed by atoms with van der Waals surface area (Å²) < 4.78 is 15.9. The number of carbonyl (C=O) groups is 3. The average molecular weight is 495 g/mol. The van der Waals surface area contributed by atoms with Crippen LogP contribution in [0.4, 0.5) is 5.69 Å². The van der Waals surface area contributed by atoms with Crippen LogP contribution in [0.3, 0.4) is 0 Å². The molecular formula is C24H21N3O9. The molecule has 186 valence electrons. The largest absolute Gasteiger partial charge is 0.502 e. The van der Waals surface area contributed by atoms with E-state index >= 15 is 0 Å². The number of hydrazine groups is 1. The molecule has 4 N–H and O–H groups in total. The van der Waals surface area contributed by atoms with Crippen LogP contribution in [0.2, 0.25) is 0 Å². The van der Waals surface area contributed by atoms with Gasteiger partial charge in [-0.15, -0.1) is 0 Å². The number of ether oxygens (including phenoxy) is 2. The highest BCUT2D eigenvalue weighted by atomic mass is 16.6. The van der Waals surface area contributed by atoms with Crippen LogP contribution in [0, 0.1) is 10.1 Å². The lowest BCUT2D eigenvalue weighted by Crippen LogP contribution is -2.32. The fourth-order valence-corrected chi connectivity index (χ4v) is 3.33. The van der Waals surface area contributed by atoms with Crippen LogP contribution in [0.15, 0.2) is 65.0 Å². The van der Waals surface area contributed by atoms with E-state index in [0.717, 1.165) is 17.9 Å². The molecule has 0 saturated heterocycles. The first kappa shape index (κ1) is 25.6. The van der Waals surface area contributed by atoms with Gasteiger partial charge in [0.1, 0.15) is 11.3 Å². The number of hydrogen-bond donors (Lipinski definition) is 3. The van der Waals surface area contributed by atoms with E-state index in [0.29, 0.717) is 17.7 Å². The van der Waals surface area contributed by atoms with E-state index in [1.807, 2.05) is 19.9 Å². The summed E-state index contributed by atoms with van der Waals surface area (Å²) >= 11 is 0. The molecule has 12 nitrogen and oxygen atoms in total. The molecule has 0 unspecified atom stereocenters. The Morgan fingerprint density at radius 3 is 2.58 bits per heavy atom. The summed E-state index contributed by atoms with van der Waals surface area (Å²) in [5.41, 5.74) is -0.159. The lowest BCUT2D eigenvalue weighted by molar-refractivity contribution is -0.386. The normalized spacial score (nSPS) is 11.0. The van der Waals surface area contributed by atoms with E-state index in [1.54, 1.807) is 29.7 Å². The van der Waals surface area contributed by atoms with Gasteiger partial charge in [-0.3, -0.25) is 20.3 Å². The van der Waals surface area contributed by atoms with E-state index in [-0.39, 0.29) is 11.3 Å². The number of carbonyl (C=O) groups excluding carboxylic acids is 3. The zero-order chi connectivity index (χ0) is 26.4. The molecular weight excluding hydrogens is 474 g/mol. The molecule has 0 atom stereocenters. The highest BCUT2D eigenvalue weighted by Gasteiger charge is 2.33. The van der Waals surface area contributed by atoms with Crippen molar-refractivity contribution in [2.24, 2.45) is 5.84 Å². The first-order valence-electron chi connectivity index (χ1n) is 10.5. The highest BCUT2D eigenvalue weighted by Crippen LogP contribution is 2.33. The minimum absolute atomic E-state index is 0.286. The number of phenols is 1. The quantitative estimate of drug-likeness (QED) is 0.0788. The number of amides is 1. The van der Waals surface area contributed by atoms with Gasteiger partial charge in [-0.05, 0) is 48.9 Å². The number of nitrogen functional groups attached to an aromatic ring is 1. The number of nitrogens with two attached hydrogens (primary N) is 1. The fraction of sp³-hybridized carbons (Fsp3) is 0.125. The van der Waals surface area contributed by atoms with Gasteiger partial charge in [0.05, 0.1) is 22.5 Å². The summed E-state index contributed by atoms with van der Waals surface area (Å²) in [6, 6.07) is 9.96. The van der Waals surface area contributed by atoms with Gasteiger partial charge in [0.15, 0.2) is 5.75 Å². The summed E-state index contributed by atoms with van der Waals surface area (Å²) in [5.74, 6) is 1.22. The molecule has 0 aliphatic rings. The molecule has 0 bridgehead atoms. The molecule has 36 heavy (non-hydrogen) atoms. The van der Waals surface area contributed by atoms with Gasteiger partial charge < -0.3 is 19.0 Å². The van der Waals surface area contributed by atoms with Crippen LogP contribution in [-0.2, 0) is 4.74 Å². The van der Waals surface area contributed by atoms with Gasteiger partial charge >= 0.3 is 17.6 Å². The van der Waals surface area contributed by atoms with Crippen molar-refractivity contribution < 1.29 is 38.3 Å². The van der Waals surface area contributed by atoms with Crippen molar-refractivity contribution in [2.45, 2.75) is 20.3 Å². The Bertz CT molecular complexity index is 1370. The van der Waals surface area contributed by atoms with Gasteiger partial charge in [-0.2, -0.15) is 0 Å². The number of allylic oxidation sites excluding steroid dienone is 2. The molecule has 12 heteroatoms. The number of furan rings is 1. The van der Waals surface area contributed by atoms with Crippen LogP contribution in [-0.4, -0.2) is 27.9 Å². The summed E-state index contributed by atoms with van der Waals surface area (Å²) in [4.78, 5) is 47.9. The lowest BCUT2D eigenvalue weighted by Gasteiger charge is -2.10. The van der Waals surface area contributed by atoms with Gasteiger partial charge in [0, 0.05) is 12.0 Å². The molecule has 3 rings (SSSR count). The van der Waals surface area contributed by atoms with E-state index < -0.39 is 45.3 Å². The Morgan fingerprint density at radius 1 is 1.19 bits per heavy atom. The zero-order valence-electron chi connectivity index (χ0n) is 19.1. The van der Waals surface area contributed by atoms with E-state index in [9.17, 15) is 29.6 Å². The summed E-state index contributed by atoms with van der Waals surface area (Å²) in [7, 11) is 0. The number of hydrogen-bond acceptors (Lipinski definition) is 10. The maximum atomic E-state index is 12.8. The van der Waals surface area contributed by atoms with Gasteiger partial charge in [0.25, 0.3) is 5.91 Å². The predicted molar refractivity (Wildman–Crippen MR) is 125 cm³/mol. The minimum atomic E-state index is -1.40. The third-order valence-corrected chi connectivity index (χ3v) is 5.02. The van der Waals surface area contributed by atoms with Crippen LogP contribution < -0.4 is 16.0 Å². The number of aromatic hydroxyl groups is 1. The van der Waals surface area contributed by atoms with Crippen LogP contribution in [0.5, 0.6) is 11.5 Å². The molecule has 1 aromatic heterocycles. The molecule has 2 aromatic carbocycles. The Balaban J connectivity index is 1.93. The topological polar surface area (TPSA) is 184 Å². The number of nitrogens with one attached hydrogen (secondary N) is 1. The number of nitrogens with zero attached hydrogens (tertiary/aromatic N) is 1. The number of esters is 2. The molecule has 3 aromatic rings. The van der Waals surface area contributed by atoms with Crippen molar-refractivity contribution in [3.8, 4) is 22.6 Å². The zero-order valence-corrected chi connectivity index (χ0v) is 19.1. The van der Waals surface area contributed by atoms with Crippen molar-refractivity contribution in [3.05, 3.63) is 87.6 Å². The third-order valence-electron chi connectivity index (χ3n) is 5.02. The maximum Gasteiger partial charge on any atom is 0.382 e. The molecule has 0 aliphatic carbocycles. The summed E-state index contributed by atoms with van der Waals surface area (Å²) in [6.07, 6.45) is 3.71. The number of benzene rings is 2. The minimum Gasteiger partial charge on any atom is -0.502 e. The van der Waals surface area contributed by atoms with Crippen LogP contribution in [0.1, 0.15) is 51.5 Å². The van der Waals surface area contributed by atoms with Crippen molar-refractivity contribution >= 4 is 23.5 Å². The summed E-state index contributed by atoms with van der Waals surface area (Å²) in [6.45, 7) is 3.78. The third kappa shape index (κ3) is 5.23. The molecule has 1 heterocycles. The second kappa shape index (κ2) is 11.0. The van der Waals surface area contributed by atoms with Crippen molar-refractivity contribution in [1.29, 1.82) is 0 Å². The smallest absolute Gasteiger partial charge is 0.382 e. The Morgan fingerprint density at radius 2 is 1.94 bits per heavy atom. The summed E-state index contributed by atoms with van der Waals surface area (Å²) in [5, 5.41) is 21.2. The van der Waals surface area contributed by atoms with Gasteiger partial charge in [-0.25, -0.2) is 15.4 Å². The maximum absolute atomic E-state index is 12.8. The average Bonchev–Trinajstić information content (AvgIpc) is 3.36. The second-order valence-corrected chi connectivity index (χ2v) is 7.17. The molecule has 0 fully saturated rings. The van der Waals surface area contributed by atoms with Gasteiger partial charge in [-0.1, -0.05) is 19.1 Å². The van der Waals surface area contributed by atoms with Crippen molar-refractivity contribution in [2.75, 3.05) is 0 Å². The number of nitro groups is 1. The van der Waals surface area contributed by atoms with E-state index in [1.165, 1.54) is 12.3 Å². The lowest BCUT2D eigenvalue weighted by atomic mass is 10.0. The monoisotopic (exact) mass is 495 g/mol. The number of rotatable bonds is 8. The first-order valence-corrected chi connectivity index (χ1v) is 10.5. The van der Waals surface area contributed by atoms with Crippen molar-refractivity contribution in [3.63, 3.8) is 0 Å². The van der Waals surface area contributed by atoms with E-state index in [4.69, 9.17) is 19.7 Å². The SMILES string of the molecule is CC=C(CC)Oc1cccc(-c2ccoc2C(=O)OC(=O)c2ccc(O)c([N+](=O)[O-])c2C(=O)NN)c1. The second-order valence-electron chi connectivity index (χ2n) is 7.17. The first-order chi connectivity index (χ1) is 17.2. The number of nitro benzene ring substituents is 1. The predicted octanol–water partition coefficient (Wildman–Crippen LogP) is 3.85. The van der Waals surface area contributed by atoms with Crippen molar-refractivity contribution in [1.82, 2.24) is 5.43 Å². The molecule has 0 spiro atoms. The standard InChI is InChI=1S/C24H21N3O9/c1-3-14(4-2)35-15-7-5-6-13(12-15)16-10-11-34-21(16)24(31)36-23(30)17-8-9-18(28)20(27(32)33)19(17)22(29)26-25/h3,5-12,28H,4,25H2,1-2H3,(H,26,29). The molecule has 1 amide bonds. The Kier molecular flexibility index (Phi) is 7.82. The molecule has 0 aliphatic heterocycles. The highest BCUT2D eigenvalue weighted by molar-refractivity contribution is 6.12. The van der Waals surface area contributed by atoms with Crippen LogP contribution >= 0.6 is 0 Å². The molecule has 0 saturated carbocycles. The number of phenolic OH excluding ortho intramolecular Hbond substituents is 1.